The molecular formula is C23H29N5O2S. The third-order valence-electron chi connectivity index (χ3n) is 4.77. The van der Waals surface area contributed by atoms with Gasteiger partial charge in [-0.1, -0.05) is 63.7 Å². The summed E-state index contributed by atoms with van der Waals surface area (Å²) < 4.78 is 7.15. The number of aryl methyl sites for hydroxylation is 1. The predicted molar refractivity (Wildman–Crippen MR) is 125 cm³/mol. The number of thioether (sulfide) groups is 1. The maximum absolute atomic E-state index is 12.3. The average Bonchev–Trinajstić information content (AvgIpc) is 3.10. The number of hydrogen-bond donors (Lipinski definition) is 2. The summed E-state index contributed by atoms with van der Waals surface area (Å²) in [6, 6.07) is 15.8. The molecule has 8 heteroatoms. The maximum atomic E-state index is 12.3. The van der Waals surface area contributed by atoms with Gasteiger partial charge in [-0.05, 0) is 47.2 Å². The molecule has 164 valence electrons. The van der Waals surface area contributed by atoms with E-state index < -0.39 is 0 Å². The number of rotatable bonds is 8. The molecule has 31 heavy (non-hydrogen) atoms. The largest absolute Gasteiger partial charge is 0.486 e. The number of hydrogen-bond acceptors (Lipinski definition) is 6. The molecule has 0 bridgehead atoms. The Kier molecular flexibility index (Phi) is 7.22. The minimum absolute atomic E-state index is 0.0905. The predicted octanol–water partition coefficient (Wildman–Crippen LogP) is 4.16. The van der Waals surface area contributed by atoms with Gasteiger partial charge in [-0.2, -0.15) is 0 Å². The van der Waals surface area contributed by atoms with Crippen molar-refractivity contribution in [3.05, 3.63) is 65.5 Å². The van der Waals surface area contributed by atoms with Gasteiger partial charge in [0.1, 0.15) is 12.4 Å². The fourth-order valence-electron chi connectivity index (χ4n) is 2.90. The molecular weight excluding hydrogens is 410 g/mol. The molecule has 3 rings (SSSR count). The van der Waals surface area contributed by atoms with E-state index in [9.17, 15) is 4.79 Å². The minimum Gasteiger partial charge on any atom is -0.486 e. The van der Waals surface area contributed by atoms with E-state index in [1.54, 1.807) is 0 Å². The summed E-state index contributed by atoms with van der Waals surface area (Å²) in [5, 5.41) is 11.5. The molecule has 7 nitrogen and oxygen atoms in total. The molecule has 0 atom stereocenters. The fourth-order valence-corrected chi connectivity index (χ4v) is 3.57. The van der Waals surface area contributed by atoms with E-state index in [1.165, 1.54) is 27.6 Å². The van der Waals surface area contributed by atoms with Crippen LogP contribution in [0.5, 0.6) is 5.75 Å². The third-order valence-corrected chi connectivity index (χ3v) is 5.72. The lowest BCUT2D eigenvalue weighted by molar-refractivity contribution is -0.113. The molecule has 0 aliphatic rings. The number of benzene rings is 2. The molecule has 2 aromatic carbocycles. The molecule has 3 N–H and O–H groups in total. The summed E-state index contributed by atoms with van der Waals surface area (Å²) >= 11 is 1.23. The lowest BCUT2D eigenvalue weighted by Crippen LogP contribution is -2.18. The molecule has 0 aliphatic carbocycles. The van der Waals surface area contributed by atoms with Crippen LogP contribution in [0.3, 0.4) is 0 Å². The van der Waals surface area contributed by atoms with Gasteiger partial charge in [0.2, 0.25) is 11.1 Å². The Hall–Kier alpha value is -3.00. The normalized spacial score (nSPS) is 11.4. The van der Waals surface area contributed by atoms with Gasteiger partial charge in [0, 0.05) is 5.69 Å². The van der Waals surface area contributed by atoms with Gasteiger partial charge in [-0.3, -0.25) is 4.79 Å². The Morgan fingerprint density at radius 2 is 1.90 bits per heavy atom. The van der Waals surface area contributed by atoms with E-state index in [4.69, 9.17) is 10.6 Å². The highest BCUT2D eigenvalue weighted by atomic mass is 32.2. The zero-order valence-corrected chi connectivity index (χ0v) is 19.2. The second kappa shape index (κ2) is 9.87. The maximum Gasteiger partial charge on any atom is 0.234 e. The number of ether oxygens (including phenoxy) is 1. The topological polar surface area (TPSA) is 95.1 Å². The highest BCUT2D eigenvalue weighted by Gasteiger charge is 2.15. The summed E-state index contributed by atoms with van der Waals surface area (Å²) in [6.45, 7) is 8.77. The number of nitrogen functional groups attached to an aromatic ring is 1. The SMILES string of the molecule is CCc1cccc(NC(=O)CSc2nnc(COc3ccc(C(C)(C)C)cc3)n2N)c1. The van der Waals surface area contributed by atoms with E-state index >= 15 is 0 Å². The first kappa shape index (κ1) is 22.7. The number of anilines is 1. The number of carbonyl (C=O) groups excluding carboxylic acids is 1. The Bertz CT molecular complexity index is 1030. The van der Waals surface area contributed by atoms with Crippen molar-refractivity contribution in [1.29, 1.82) is 0 Å². The fraction of sp³-hybridized carbons (Fsp3) is 0.348. The van der Waals surface area contributed by atoms with E-state index in [2.05, 4.69) is 55.3 Å². The van der Waals surface area contributed by atoms with Crippen LogP contribution in [0.2, 0.25) is 0 Å². The van der Waals surface area contributed by atoms with Crippen molar-refractivity contribution in [2.24, 2.45) is 0 Å². The molecule has 0 saturated heterocycles. The summed E-state index contributed by atoms with van der Waals surface area (Å²) in [5.41, 5.74) is 3.28. The van der Waals surface area contributed by atoms with Gasteiger partial charge in [0.25, 0.3) is 0 Å². The highest BCUT2D eigenvalue weighted by Crippen LogP contribution is 2.24. The van der Waals surface area contributed by atoms with E-state index in [-0.39, 0.29) is 23.7 Å². The Balaban J connectivity index is 1.52. The van der Waals surface area contributed by atoms with Crippen LogP contribution < -0.4 is 15.9 Å². The summed E-state index contributed by atoms with van der Waals surface area (Å²) in [7, 11) is 0. The smallest absolute Gasteiger partial charge is 0.234 e. The molecule has 0 fully saturated rings. The molecule has 1 aromatic heterocycles. The highest BCUT2D eigenvalue weighted by molar-refractivity contribution is 7.99. The van der Waals surface area contributed by atoms with Gasteiger partial charge in [0.05, 0.1) is 5.75 Å². The van der Waals surface area contributed by atoms with Crippen LogP contribution in [-0.2, 0) is 23.2 Å². The van der Waals surface area contributed by atoms with Crippen molar-refractivity contribution in [3.63, 3.8) is 0 Å². The lowest BCUT2D eigenvalue weighted by Gasteiger charge is -2.19. The van der Waals surface area contributed by atoms with Crippen molar-refractivity contribution < 1.29 is 9.53 Å². The third kappa shape index (κ3) is 6.24. The summed E-state index contributed by atoms with van der Waals surface area (Å²) in [6.07, 6.45) is 0.917. The zero-order valence-electron chi connectivity index (χ0n) is 18.4. The number of carbonyl (C=O) groups is 1. The molecule has 0 unspecified atom stereocenters. The van der Waals surface area contributed by atoms with E-state index in [0.717, 1.165) is 17.9 Å². The standard InChI is InChI=1S/C23H29N5O2S/c1-5-16-7-6-8-18(13-16)25-21(29)15-31-22-27-26-20(28(22)24)14-30-19-11-9-17(10-12-19)23(2,3)4/h6-13H,5,14-15,24H2,1-4H3,(H,25,29). The monoisotopic (exact) mass is 439 g/mol. The molecule has 1 heterocycles. The first-order valence-corrected chi connectivity index (χ1v) is 11.2. The Labute approximate surface area is 187 Å². The number of aromatic nitrogens is 3. The molecule has 3 aromatic rings. The van der Waals surface area contributed by atoms with Crippen LogP contribution in [0.15, 0.2) is 53.7 Å². The zero-order chi connectivity index (χ0) is 22.4. The molecule has 0 radical (unpaired) electrons. The summed E-state index contributed by atoms with van der Waals surface area (Å²) in [5.74, 6) is 7.36. The average molecular weight is 440 g/mol. The van der Waals surface area contributed by atoms with Gasteiger partial charge in [0.15, 0.2) is 5.82 Å². The van der Waals surface area contributed by atoms with Crippen LogP contribution in [0.1, 0.15) is 44.6 Å². The minimum atomic E-state index is -0.127. The van der Waals surface area contributed by atoms with Crippen molar-refractivity contribution in [2.75, 3.05) is 16.9 Å². The van der Waals surface area contributed by atoms with E-state index in [1.807, 2.05) is 36.4 Å². The van der Waals surface area contributed by atoms with Gasteiger partial charge < -0.3 is 15.9 Å². The number of amides is 1. The number of nitrogens with zero attached hydrogens (tertiary/aromatic N) is 3. The van der Waals surface area contributed by atoms with E-state index in [0.29, 0.717) is 11.0 Å². The van der Waals surface area contributed by atoms with Crippen molar-refractivity contribution in [3.8, 4) is 5.75 Å². The van der Waals surface area contributed by atoms with Crippen LogP contribution >= 0.6 is 11.8 Å². The summed E-state index contributed by atoms with van der Waals surface area (Å²) in [4.78, 5) is 12.3. The van der Waals surface area contributed by atoms with Gasteiger partial charge in [-0.25, -0.2) is 4.68 Å². The molecule has 0 saturated carbocycles. The molecule has 1 amide bonds. The Morgan fingerprint density at radius 3 is 2.58 bits per heavy atom. The van der Waals surface area contributed by atoms with Crippen LogP contribution in [0, 0.1) is 0 Å². The van der Waals surface area contributed by atoms with Crippen LogP contribution in [-0.4, -0.2) is 26.5 Å². The van der Waals surface area contributed by atoms with Gasteiger partial charge in [-0.15, -0.1) is 10.2 Å². The van der Waals surface area contributed by atoms with Crippen molar-refractivity contribution in [2.45, 2.75) is 51.3 Å². The second-order valence-corrected chi connectivity index (χ2v) is 9.17. The van der Waals surface area contributed by atoms with Crippen molar-refractivity contribution in [1.82, 2.24) is 14.9 Å². The quantitative estimate of drug-likeness (QED) is 0.404. The first-order valence-electron chi connectivity index (χ1n) is 10.2. The Morgan fingerprint density at radius 1 is 1.16 bits per heavy atom. The van der Waals surface area contributed by atoms with Crippen molar-refractivity contribution >= 4 is 23.4 Å². The molecule has 0 spiro atoms. The van der Waals surface area contributed by atoms with Crippen LogP contribution in [0.25, 0.3) is 0 Å². The first-order chi connectivity index (χ1) is 14.8. The number of nitrogens with two attached hydrogens (primary N) is 1. The lowest BCUT2D eigenvalue weighted by atomic mass is 9.87. The number of nitrogens with one attached hydrogen (secondary N) is 1. The molecule has 0 aliphatic heterocycles. The van der Waals surface area contributed by atoms with Crippen LogP contribution in [0.4, 0.5) is 5.69 Å². The van der Waals surface area contributed by atoms with Gasteiger partial charge >= 0.3 is 0 Å². The second-order valence-electron chi connectivity index (χ2n) is 8.22.